The average molecular weight is 278 g/mol. The van der Waals surface area contributed by atoms with E-state index in [0.717, 1.165) is 5.92 Å². The molecule has 0 spiro atoms. The van der Waals surface area contributed by atoms with Crippen LogP contribution in [0.2, 0.25) is 0 Å². The van der Waals surface area contributed by atoms with Crippen molar-refractivity contribution >= 4 is 0 Å². The highest BCUT2D eigenvalue weighted by molar-refractivity contribution is 5.02. The van der Waals surface area contributed by atoms with Crippen LogP contribution in [0.5, 0.6) is 0 Å². The Kier molecular flexibility index (Phi) is 5.68. The molecule has 2 saturated heterocycles. The number of nitrogens with zero attached hydrogens (tertiary/aromatic N) is 2. The molecule has 0 aromatic carbocycles. The Bertz CT molecular complexity index is 326. The van der Waals surface area contributed by atoms with Crippen LogP contribution in [-0.2, 0) is 0 Å². The third-order valence-electron chi connectivity index (χ3n) is 5.40. The van der Waals surface area contributed by atoms with E-state index in [9.17, 15) is 0 Å². The first-order valence-corrected chi connectivity index (χ1v) is 8.56. The molecule has 2 aliphatic heterocycles. The fourth-order valence-corrected chi connectivity index (χ4v) is 4.13. The highest BCUT2D eigenvalue weighted by Crippen LogP contribution is 2.39. The standard InChI is InChI=1S/C18H34N2/c1-5-9-18(11-12-19(3)15-18)10-8-16(2)6-7-17-13-20(4)14-17/h6,17H,5,7-15H2,1-4H3/b16-6-. The van der Waals surface area contributed by atoms with E-state index in [4.69, 9.17) is 0 Å². The fourth-order valence-electron chi connectivity index (χ4n) is 4.13. The van der Waals surface area contributed by atoms with Gasteiger partial charge in [0.25, 0.3) is 0 Å². The van der Waals surface area contributed by atoms with Crippen LogP contribution in [-0.4, -0.2) is 50.1 Å². The SMILES string of the molecule is CCCC1(CC/C(C)=C\CC2CN(C)C2)CCN(C)C1. The summed E-state index contributed by atoms with van der Waals surface area (Å²) in [6.07, 6.45) is 10.7. The van der Waals surface area contributed by atoms with Crippen molar-refractivity contribution in [3.8, 4) is 0 Å². The first kappa shape index (κ1) is 16.0. The maximum absolute atomic E-state index is 2.53. The molecule has 2 heterocycles. The van der Waals surface area contributed by atoms with Gasteiger partial charge >= 0.3 is 0 Å². The molecule has 1 unspecified atom stereocenters. The normalized spacial score (nSPS) is 29.9. The average Bonchev–Trinajstić information content (AvgIpc) is 2.73. The van der Waals surface area contributed by atoms with E-state index in [2.05, 4.69) is 43.8 Å². The van der Waals surface area contributed by atoms with Crippen molar-refractivity contribution in [2.45, 2.75) is 52.4 Å². The molecule has 0 aromatic rings. The Hall–Kier alpha value is -0.340. The number of hydrogen-bond acceptors (Lipinski definition) is 2. The highest BCUT2D eigenvalue weighted by Gasteiger charge is 2.35. The molecule has 2 fully saturated rings. The van der Waals surface area contributed by atoms with Gasteiger partial charge in [0.15, 0.2) is 0 Å². The lowest BCUT2D eigenvalue weighted by atomic mass is 9.77. The number of hydrogen-bond donors (Lipinski definition) is 0. The van der Waals surface area contributed by atoms with E-state index < -0.39 is 0 Å². The van der Waals surface area contributed by atoms with Gasteiger partial charge in [-0.05, 0) is 71.0 Å². The van der Waals surface area contributed by atoms with Gasteiger partial charge in [0.1, 0.15) is 0 Å². The van der Waals surface area contributed by atoms with Gasteiger partial charge in [-0.2, -0.15) is 0 Å². The van der Waals surface area contributed by atoms with Gasteiger partial charge in [-0.15, -0.1) is 0 Å². The molecule has 0 amide bonds. The Balaban J connectivity index is 1.75. The van der Waals surface area contributed by atoms with Crippen LogP contribution >= 0.6 is 0 Å². The first-order chi connectivity index (χ1) is 9.53. The largest absolute Gasteiger partial charge is 0.306 e. The van der Waals surface area contributed by atoms with E-state index >= 15 is 0 Å². The lowest BCUT2D eigenvalue weighted by Gasteiger charge is -2.35. The third kappa shape index (κ3) is 4.33. The summed E-state index contributed by atoms with van der Waals surface area (Å²) in [5.74, 6) is 0.928. The van der Waals surface area contributed by atoms with E-state index in [0.29, 0.717) is 5.41 Å². The Labute approximate surface area is 126 Å². The van der Waals surface area contributed by atoms with Gasteiger partial charge in [0.05, 0.1) is 0 Å². The Morgan fingerprint density at radius 3 is 2.50 bits per heavy atom. The number of likely N-dealkylation sites (tertiary alicyclic amines) is 2. The second-order valence-electron chi connectivity index (χ2n) is 7.61. The molecular weight excluding hydrogens is 244 g/mol. The van der Waals surface area contributed by atoms with E-state index in [1.54, 1.807) is 5.57 Å². The van der Waals surface area contributed by atoms with E-state index in [1.165, 1.54) is 64.7 Å². The summed E-state index contributed by atoms with van der Waals surface area (Å²) in [4.78, 5) is 4.94. The van der Waals surface area contributed by atoms with Gasteiger partial charge in [-0.3, -0.25) is 0 Å². The maximum Gasteiger partial charge on any atom is 0.00355 e. The molecule has 2 nitrogen and oxygen atoms in total. The van der Waals surface area contributed by atoms with Crippen molar-refractivity contribution in [2.24, 2.45) is 11.3 Å². The summed E-state index contributed by atoms with van der Waals surface area (Å²) in [7, 11) is 4.51. The van der Waals surface area contributed by atoms with Crippen LogP contribution in [0, 0.1) is 11.3 Å². The lowest BCUT2D eigenvalue weighted by molar-refractivity contribution is 0.136. The van der Waals surface area contributed by atoms with Crippen molar-refractivity contribution in [1.82, 2.24) is 9.80 Å². The van der Waals surface area contributed by atoms with Crippen LogP contribution in [0.15, 0.2) is 11.6 Å². The first-order valence-electron chi connectivity index (χ1n) is 8.56. The molecule has 2 rings (SSSR count). The second-order valence-corrected chi connectivity index (χ2v) is 7.61. The minimum Gasteiger partial charge on any atom is -0.306 e. The van der Waals surface area contributed by atoms with Crippen LogP contribution in [0.3, 0.4) is 0 Å². The van der Waals surface area contributed by atoms with Gasteiger partial charge in [0, 0.05) is 19.6 Å². The van der Waals surface area contributed by atoms with Crippen LogP contribution in [0.1, 0.15) is 52.4 Å². The fraction of sp³-hybridized carbons (Fsp3) is 0.889. The molecular formula is C18H34N2. The van der Waals surface area contributed by atoms with Crippen molar-refractivity contribution in [1.29, 1.82) is 0 Å². The minimum absolute atomic E-state index is 0.620. The number of allylic oxidation sites excluding steroid dienone is 2. The summed E-state index contributed by atoms with van der Waals surface area (Å²) in [5, 5.41) is 0. The monoisotopic (exact) mass is 278 g/mol. The van der Waals surface area contributed by atoms with Crippen molar-refractivity contribution < 1.29 is 0 Å². The quantitative estimate of drug-likeness (QED) is 0.654. The molecule has 0 saturated carbocycles. The van der Waals surface area contributed by atoms with Gasteiger partial charge in [-0.25, -0.2) is 0 Å². The predicted molar refractivity (Wildman–Crippen MR) is 88.1 cm³/mol. The molecule has 1 atom stereocenters. The molecule has 0 radical (unpaired) electrons. The van der Waals surface area contributed by atoms with Crippen molar-refractivity contribution in [3.63, 3.8) is 0 Å². The molecule has 20 heavy (non-hydrogen) atoms. The van der Waals surface area contributed by atoms with Crippen LogP contribution < -0.4 is 0 Å². The Morgan fingerprint density at radius 2 is 1.95 bits per heavy atom. The highest BCUT2D eigenvalue weighted by atomic mass is 15.2. The zero-order valence-electron chi connectivity index (χ0n) is 14.1. The zero-order valence-corrected chi connectivity index (χ0v) is 14.1. The molecule has 0 aliphatic carbocycles. The van der Waals surface area contributed by atoms with Crippen LogP contribution in [0.4, 0.5) is 0 Å². The van der Waals surface area contributed by atoms with Crippen LogP contribution in [0.25, 0.3) is 0 Å². The van der Waals surface area contributed by atoms with E-state index in [1.807, 2.05) is 0 Å². The molecule has 0 bridgehead atoms. The molecule has 0 aromatic heterocycles. The predicted octanol–water partition coefficient (Wildman–Crippen LogP) is 3.79. The van der Waals surface area contributed by atoms with Crippen molar-refractivity contribution in [3.05, 3.63) is 11.6 Å². The topological polar surface area (TPSA) is 6.48 Å². The van der Waals surface area contributed by atoms with Gasteiger partial charge in [0.2, 0.25) is 0 Å². The second kappa shape index (κ2) is 7.09. The summed E-state index contributed by atoms with van der Waals surface area (Å²) in [6, 6.07) is 0. The summed E-state index contributed by atoms with van der Waals surface area (Å²) in [5.41, 5.74) is 2.25. The molecule has 2 aliphatic rings. The lowest BCUT2D eigenvalue weighted by Crippen LogP contribution is -2.43. The van der Waals surface area contributed by atoms with Gasteiger partial charge < -0.3 is 9.80 Å². The molecule has 2 heteroatoms. The van der Waals surface area contributed by atoms with Gasteiger partial charge in [-0.1, -0.05) is 25.0 Å². The summed E-state index contributed by atoms with van der Waals surface area (Å²) in [6.45, 7) is 9.91. The van der Waals surface area contributed by atoms with Crippen molar-refractivity contribution in [2.75, 3.05) is 40.3 Å². The third-order valence-corrected chi connectivity index (χ3v) is 5.40. The smallest absolute Gasteiger partial charge is 0.00355 e. The Morgan fingerprint density at radius 1 is 1.20 bits per heavy atom. The minimum atomic E-state index is 0.620. The van der Waals surface area contributed by atoms with E-state index in [-0.39, 0.29) is 0 Å². The maximum atomic E-state index is 2.53. The molecule has 0 N–H and O–H groups in total. The zero-order chi connectivity index (χ0) is 14.6. The summed E-state index contributed by atoms with van der Waals surface area (Å²) < 4.78 is 0. The molecule has 116 valence electrons. The summed E-state index contributed by atoms with van der Waals surface area (Å²) >= 11 is 0. The number of rotatable bonds is 7.